The Kier molecular flexibility index (Phi) is 8.98. The maximum absolute atomic E-state index is 11.8. The third kappa shape index (κ3) is 7.45. The van der Waals surface area contributed by atoms with Gasteiger partial charge in [-0.15, -0.1) is 0 Å². The lowest BCUT2D eigenvalue weighted by molar-refractivity contribution is -0.147. The number of carbonyl (C=O) groups is 3. The smallest absolute Gasteiger partial charge is 0.306 e. The average Bonchev–Trinajstić information content (AvgIpc) is 3.86. The largest absolute Gasteiger partial charge is 0.481 e. The number of carboxylic acid groups (broad SMARTS) is 1. The lowest BCUT2D eigenvalue weighted by Gasteiger charge is -2.26. The Morgan fingerprint density at radius 2 is 1.25 bits per heavy atom. The molecule has 4 heterocycles. The van der Waals surface area contributed by atoms with Crippen molar-refractivity contribution in [2.45, 2.75) is 163 Å². The molecule has 8 fully saturated rings. The Balaban J connectivity index is 0.000000151. The number of hydrogen-bond acceptors (Lipinski definition) is 9. The monoisotopic (exact) mass is 618 g/mol. The van der Waals surface area contributed by atoms with Gasteiger partial charge in [-0.3, -0.25) is 14.4 Å². The molecule has 0 aromatic rings. The topological polar surface area (TPSA) is 140 Å². The van der Waals surface area contributed by atoms with Crippen molar-refractivity contribution in [1.82, 2.24) is 0 Å². The molecule has 0 amide bonds. The highest BCUT2D eigenvalue weighted by Gasteiger charge is 2.68. The molecule has 0 bridgehead atoms. The van der Waals surface area contributed by atoms with Crippen molar-refractivity contribution >= 4 is 17.9 Å². The number of carboxylic acids is 1. The molecular formula is C34H50O10. The molecule has 11 atom stereocenters. The number of rotatable bonds is 12. The van der Waals surface area contributed by atoms with Crippen LogP contribution in [0, 0.1) is 17.8 Å². The molecule has 11 unspecified atom stereocenters. The van der Waals surface area contributed by atoms with Crippen LogP contribution < -0.4 is 0 Å². The molecule has 246 valence electrons. The lowest BCUT2D eigenvalue weighted by Crippen LogP contribution is -2.34. The molecule has 4 saturated carbocycles. The molecule has 1 N–H and O–H groups in total. The van der Waals surface area contributed by atoms with E-state index in [-0.39, 0.29) is 35.2 Å². The van der Waals surface area contributed by atoms with Crippen LogP contribution in [0.5, 0.6) is 0 Å². The van der Waals surface area contributed by atoms with Crippen LogP contribution in [-0.2, 0) is 42.8 Å². The van der Waals surface area contributed by atoms with E-state index in [0.717, 1.165) is 57.8 Å². The normalized spacial score (nSPS) is 43.8. The van der Waals surface area contributed by atoms with Gasteiger partial charge in [0.1, 0.15) is 0 Å². The van der Waals surface area contributed by atoms with Crippen molar-refractivity contribution in [2.24, 2.45) is 17.8 Å². The van der Waals surface area contributed by atoms with Gasteiger partial charge in [-0.1, -0.05) is 12.8 Å². The Labute approximate surface area is 260 Å². The molecule has 8 aliphatic rings. The Morgan fingerprint density at radius 1 is 0.659 bits per heavy atom. The van der Waals surface area contributed by atoms with Gasteiger partial charge >= 0.3 is 17.9 Å². The van der Waals surface area contributed by atoms with Gasteiger partial charge in [0, 0.05) is 19.3 Å². The van der Waals surface area contributed by atoms with Crippen LogP contribution in [0.4, 0.5) is 0 Å². The fourth-order valence-electron chi connectivity index (χ4n) is 8.67. The van der Waals surface area contributed by atoms with Gasteiger partial charge in [0.2, 0.25) is 0 Å². The fourth-order valence-corrected chi connectivity index (χ4v) is 8.67. The molecule has 4 aliphatic heterocycles. The molecule has 10 heteroatoms. The molecule has 4 saturated heterocycles. The molecule has 10 nitrogen and oxygen atoms in total. The van der Waals surface area contributed by atoms with Gasteiger partial charge < -0.3 is 33.5 Å². The zero-order valence-electron chi connectivity index (χ0n) is 26.0. The highest BCUT2D eigenvalue weighted by molar-refractivity contribution is 5.71. The van der Waals surface area contributed by atoms with Crippen molar-refractivity contribution < 1.29 is 47.9 Å². The molecule has 44 heavy (non-hydrogen) atoms. The number of epoxide rings is 4. The van der Waals surface area contributed by atoms with E-state index in [1.54, 1.807) is 0 Å². The van der Waals surface area contributed by atoms with E-state index in [0.29, 0.717) is 87.7 Å². The minimum Gasteiger partial charge on any atom is -0.481 e. The Morgan fingerprint density at radius 3 is 1.80 bits per heavy atom. The molecule has 0 radical (unpaired) electrons. The summed E-state index contributed by atoms with van der Waals surface area (Å²) in [6.07, 6.45) is 19.4. The summed E-state index contributed by atoms with van der Waals surface area (Å²) >= 11 is 0. The van der Waals surface area contributed by atoms with Crippen molar-refractivity contribution in [3.8, 4) is 0 Å². The van der Waals surface area contributed by atoms with Crippen molar-refractivity contribution in [2.75, 3.05) is 13.2 Å². The maximum Gasteiger partial charge on any atom is 0.306 e. The van der Waals surface area contributed by atoms with Crippen LogP contribution in [0.1, 0.15) is 116 Å². The van der Waals surface area contributed by atoms with Crippen molar-refractivity contribution in [3.63, 3.8) is 0 Å². The van der Waals surface area contributed by atoms with E-state index < -0.39 is 5.97 Å². The maximum atomic E-state index is 11.8. The van der Waals surface area contributed by atoms with Crippen molar-refractivity contribution in [1.29, 1.82) is 0 Å². The summed E-state index contributed by atoms with van der Waals surface area (Å²) in [5.41, 5.74) is 0.0983. The fraction of sp³-hybridized carbons (Fsp3) is 0.912. The highest BCUT2D eigenvalue weighted by Crippen LogP contribution is 2.60. The first-order valence-electron chi connectivity index (χ1n) is 17.5. The number of aliphatic carboxylic acids is 1. The number of ether oxygens (including phenoxy) is 6. The predicted molar refractivity (Wildman–Crippen MR) is 156 cm³/mol. The molecule has 4 aliphatic carbocycles. The number of fused-ring (bicyclic) bond motifs is 4. The summed E-state index contributed by atoms with van der Waals surface area (Å²) in [5, 5.41) is 9.06. The first kappa shape index (κ1) is 30.9. The van der Waals surface area contributed by atoms with E-state index in [4.69, 9.17) is 33.5 Å². The molecular weight excluding hydrogens is 568 g/mol. The Bertz CT molecular complexity index is 1030. The Hall–Kier alpha value is -1.75. The van der Waals surface area contributed by atoms with Gasteiger partial charge in [0.25, 0.3) is 0 Å². The van der Waals surface area contributed by atoms with Gasteiger partial charge in [-0.05, 0) is 95.3 Å². The summed E-state index contributed by atoms with van der Waals surface area (Å²) in [4.78, 5) is 34.6. The number of carbonyl (C=O) groups excluding carboxylic acids is 2. The summed E-state index contributed by atoms with van der Waals surface area (Å²) < 4.78 is 33.6. The second-order valence-corrected chi connectivity index (χ2v) is 14.9. The number of unbranched alkanes of at least 4 members (excludes halogenated alkanes) is 1. The SMILES string of the molecule is O=C(CCCCC(=O)OCC1CCC2OC2C1)OCC1CCC2OC2C1.O=C(O)C1CCC2(CC34CCCCC3O4)OC2C1. The van der Waals surface area contributed by atoms with E-state index in [1.165, 1.54) is 25.7 Å². The van der Waals surface area contributed by atoms with Crippen LogP contribution in [0.15, 0.2) is 0 Å². The minimum atomic E-state index is -0.657. The van der Waals surface area contributed by atoms with Crippen LogP contribution >= 0.6 is 0 Å². The van der Waals surface area contributed by atoms with Crippen LogP contribution in [0.25, 0.3) is 0 Å². The lowest BCUT2D eigenvalue weighted by atomic mass is 9.74. The van der Waals surface area contributed by atoms with Crippen LogP contribution in [-0.4, -0.2) is 84.1 Å². The van der Waals surface area contributed by atoms with Gasteiger partial charge in [0.15, 0.2) is 0 Å². The third-order valence-corrected chi connectivity index (χ3v) is 11.7. The highest BCUT2D eigenvalue weighted by atomic mass is 16.6. The quantitative estimate of drug-likeness (QED) is 0.183. The predicted octanol–water partition coefficient (Wildman–Crippen LogP) is 4.88. The molecule has 0 spiro atoms. The number of hydrogen-bond donors (Lipinski definition) is 1. The van der Waals surface area contributed by atoms with Crippen LogP contribution in [0.3, 0.4) is 0 Å². The second kappa shape index (κ2) is 12.8. The zero-order chi connectivity index (χ0) is 30.3. The standard InChI is InChI=1S/C20H30O6.C14H20O4/c21-19(23-11-13-5-7-15-17(9-13)25-15)3-1-2-4-20(22)24-12-14-6-8-16-18(10-14)26-16;15-12(16)9-4-6-14(11(7-9)18-14)8-13-5-2-1-3-10(13)17-13/h13-18H,1-12H2;9-11H,1-8H2,(H,15,16). The molecule has 8 rings (SSSR count). The van der Waals surface area contributed by atoms with Crippen molar-refractivity contribution in [3.05, 3.63) is 0 Å². The van der Waals surface area contributed by atoms with E-state index in [9.17, 15) is 14.4 Å². The van der Waals surface area contributed by atoms with E-state index >= 15 is 0 Å². The first-order valence-corrected chi connectivity index (χ1v) is 17.5. The van der Waals surface area contributed by atoms with Crippen LogP contribution in [0.2, 0.25) is 0 Å². The summed E-state index contributed by atoms with van der Waals surface area (Å²) in [6.45, 7) is 1.03. The van der Waals surface area contributed by atoms with E-state index in [1.807, 2.05) is 0 Å². The van der Waals surface area contributed by atoms with Gasteiger partial charge in [-0.25, -0.2) is 0 Å². The second-order valence-electron chi connectivity index (χ2n) is 14.9. The summed E-state index contributed by atoms with van der Waals surface area (Å²) in [7, 11) is 0. The first-order chi connectivity index (χ1) is 21.3. The molecule has 0 aromatic heterocycles. The van der Waals surface area contributed by atoms with E-state index in [2.05, 4.69) is 0 Å². The number of esters is 2. The summed E-state index contributed by atoms with van der Waals surface area (Å²) in [5.74, 6) is -0.250. The van der Waals surface area contributed by atoms with Gasteiger partial charge in [0.05, 0.1) is 67.0 Å². The van der Waals surface area contributed by atoms with Gasteiger partial charge in [-0.2, -0.15) is 0 Å². The minimum absolute atomic E-state index is 0.0158. The molecule has 0 aromatic carbocycles. The zero-order valence-corrected chi connectivity index (χ0v) is 26.0. The average molecular weight is 619 g/mol. The summed E-state index contributed by atoms with van der Waals surface area (Å²) in [6, 6.07) is 0. The third-order valence-electron chi connectivity index (χ3n) is 11.7.